The molecule has 1 aromatic carbocycles. The van der Waals surface area contributed by atoms with E-state index in [1.54, 1.807) is 19.1 Å². The first-order valence-corrected chi connectivity index (χ1v) is 6.11. The Balaban J connectivity index is 2.32. The summed E-state index contributed by atoms with van der Waals surface area (Å²) in [5, 5.41) is 0. The molecule has 1 aromatic heterocycles. The standard InChI is InChI=1S/C12H10BrF2N3O/c1-6-9(13)10(16)18-11(17-6)7-2-4-8(5-3-7)19-12(14)15/h2-5,12H,1H3,(H2,16,17,18). The lowest BCUT2D eigenvalue weighted by atomic mass is 10.2. The molecule has 0 amide bonds. The average molecular weight is 330 g/mol. The van der Waals surface area contributed by atoms with Gasteiger partial charge in [0.15, 0.2) is 5.82 Å². The molecule has 7 heteroatoms. The van der Waals surface area contributed by atoms with Crippen LogP contribution in [0.5, 0.6) is 5.75 Å². The Kier molecular flexibility index (Phi) is 3.94. The summed E-state index contributed by atoms with van der Waals surface area (Å²) in [6.07, 6.45) is 0. The van der Waals surface area contributed by atoms with Crippen LogP contribution >= 0.6 is 15.9 Å². The summed E-state index contributed by atoms with van der Waals surface area (Å²) in [5.41, 5.74) is 7.11. The molecule has 0 bridgehead atoms. The molecule has 1 heterocycles. The van der Waals surface area contributed by atoms with Gasteiger partial charge in [-0.3, -0.25) is 0 Å². The Morgan fingerprint density at radius 1 is 1.21 bits per heavy atom. The number of alkyl halides is 2. The number of hydrogen-bond acceptors (Lipinski definition) is 4. The Bertz CT molecular complexity index is 567. The molecule has 0 saturated carbocycles. The van der Waals surface area contributed by atoms with Crippen LogP contribution in [0.1, 0.15) is 5.69 Å². The van der Waals surface area contributed by atoms with Crippen molar-refractivity contribution in [3.8, 4) is 17.1 Å². The maximum absolute atomic E-state index is 12.0. The number of ether oxygens (including phenoxy) is 1. The van der Waals surface area contributed by atoms with Crippen molar-refractivity contribution in [2.75, 3.05) is 5.73 Å². The maximum Gasteiger partial charge on any atom is 0.387 e. The Morgan fingerprint density at radius 2 is 1.84 bits per heavy atom. The number of rotatable bonds is 3. The van der Waals surface area contributed by atoms with Crippen molar-refractivity contribution in [3.63, 3.8) is 0 Å². The van der Waals surface area contributed by atoms with E-state index in [9.17, 15) is 8.78 Å². The molecule has 100 valence electrons. The number of benzene rings is 1. The number of hydrogen-bond donors (Lipinski definition) is 1. The normalized spacial score (nSPS) is 10.8. The molecule has 0 radical (unpaired) electrons. The van der Waals surface area contributed by atoms with Crippen molar-refractivity contribution in [1.82, 2.24) is 9.97 Å². The largest absolute Gasteiger partial charge is 0.435 e. The summed E-state index contributed by atoms with van der Waals surface area (Å²) in [6, 6.07) is 6.05. The summed E-state index contributed by atoms with van der Waals surface area (Å²) in [5.74, 6) is 0.845. The highest BCUT2D eigenvalue weighted by Crippen LogP contribution is 2.26. The molecule has 4 nitrogen and oxygen atoms in total. The van der Waals surface area contributed by atoms with Gasteiger partial charge in [0.05, 0.1) is 10.2 Å². The summed E-state index contributed by atoms with van der Waals surface area (Å²) < 4.78 is 29.0. The molecule has 0 aliphatic carbocycles. The second-order valence-corrected chi connectivity index (χ2v) is 4.53. The van der Waals surface area contributed by atoms with Gasteiger partial charge in [-0.15, -0.1) is 0 Å². The number of nitrogens with two attached hydrogens (primary N) is 1. The Hall–Kier alpha value is -1.76. The van der Waals surface area contributed by atoms with E-state index < -0.39 is 6.61 Å². The maximum atomic E-state index is 12.0. The minimum atomic E-state index is -2.84. The van der Waals surface area contributed by atoms with Crippen LogP contribution in [0.15, 0.2) is 28.7 Å². The SMILES string of the molecule is Cc1nc(-c2ccc(OC(F)F)cc2)nc(N)c1Br. The zero-order valence-corrected chi connectivity index (χ0v) is 11.5. The first-order valence-electron chi connectivity index (χ1n) is 5.32. The van der Waals surface area contributed by atoms with E-state index in [0.29, 0.717) is 27.4 Å². The number of nitrogen functional groups attached to an aromatic ring is 1. The molecular formula is C12H10BrF2N3O. The molecule has 0 unspecified atom stereocenters. The minimum absolute atomic E-state index is 0.0838. The Morgan fingerprint density at radius 3 is 2.37 bits per heavy atom. The van der Waals surface area contributed by atoms with Crippen LogP contribution in [-0.2, 0) is 0 Å². The molecule has 0 fully saturated rings. The molecular weight excluding hydrogens is 320 g/mol. The fraction of sp³-hybridized carbons (Fsp3) is 0.167. The van der Waals surface area contributed by atoms with Crippen molar-refractivity contribution in [2.24, 2.45) is 0 Å². The smallest absolute Gasteiger partial charge is 0.387 e. The predicted octanol–water partition coefficient (Wildman–Crippen LogP) is 3.40. The van der Waals surface area contributed by atoms with Gasteiger partial charge >= 0.3 is 6.61 Å². The molecule has 0 aliphatic heterocycles. The van der Waals surface area contributed by atoms with Crippen LogP contribution in [0, 0.1) is 6.92 Å². The van der Waals surface area contributed by atoms with E-state index in [4.69, 9.17) is 5.73 Å². The lowest BCUT2D eigenvalue weighted by molar-refractivity contribution is -0.0498. The number of aromatic nitrogens is 2. The second kappa shape index (κ2) is 5.48. The van der Waals surface area contributed by atoms with Gasteiger partial charge in [-0.05, 0) is 47.1 Å². The number of anilines is 1. The van der Waals surface area contributed by atoms with Crippen LogP contribution in [0.4, 0.5) is 14.6 Å². The van der Waals surface area contributed by atoms with Gasteiger partial charge < -0.3 is 10.5 Å². The van der Waals surface area contributed by atoms with Crippen molar-refractivity contribution in [3.05, 3.63) is 34.4 Å². The van der Waals surface area contributed by atoms with E-state index >= 15 is 0 Å². The van der Waals surface area contributed by atoms with Crippen LogP contribution in [0.2, 0.25) is 0 Å². The van der Waals surface area contributed by atoms with E-state index in [1.807, 2.05) is 0 Å². The van der Waals surface area contributed by atoms with E-state index in [0.717, 1.165) is 0 Å². The van der Waals surface area contributed by atoms with Crippen molar-refractivity contribution < 1.29 is 13.5 Å². The number of aryl methyl sites for hydroxylation is 1. The van der Waals surface area contributed by atoms with E-state index in [-0.39, 0.29) is 5.75 Å². The fourth-order valence-electron chi connectivity index (χ4n) is 1.50. The van der Waals surface area contributed by atoms with Gasteiger partial charge in [-0.1, -0.05) is 0 Å². The highest BCUT2D eigenvalue weighted by atomic mass is 79.9. The van der Waals surface area contributed by atoms with Crippen molar-refractivity contribution in [1.29, 1.82) is 0 Å². The third-order valence-corrected chi connectivity index (χ3v) is 3.36. The van der Waals surface area contributed by atoms with Crippen LogP contribution in [0.3, 0.4) is 0 Å². The average Bonchev–Trinajstić information content (AvgIpc) is 2.35. The van der Waals surface area contributed by atoms with Gasteiger partial charge in [0.2, 0.25) is 0 Å². The molecule has 0 spiro atoms. The molecule has 0 saturated heterocycles. The lowest BCUT2D eigenvalue weighted by Gasteiger charge is -2.07. The first kappa shape index (κ1) is 13.7. The van der Waals surface area contributed by atoms with Gasteiger partial charge in [0, 0.05) is 5.56 Å². The Labute approximate surface area is 116 Å². The van der Waals surface area contributed by atoms with Crippen LogP contribution in [0.25, 0.3) is 11.4 Å². The van der Waals surface area contributed by atoms with Gasteiger partial charge in [-0.25, -0.2) is 9.97 Å². The van der Waals surface area contributed by atoms with Crippen molar-refractivity contribution >= 4 is 21.7 Å². The molecule has 2 rings (SSSR count). The fourth-order valence-corrected chi connectivity index (χ4v) is 1.67. The third kappa shape index (κ3) is 3.17. The van der Waals surface area contributed by atoms with Gasteiger partial charge in [0.1, 0.15) is 11.6 Å². The van der Waals surface area contributed by atoms with Crippen LogP contribution < -0.4 is 10.5 Å². The predicted molar refractivity (Wildman–Crippen MR) is 70.9 cm³/mol. The summed E-state index contributed by atoms with van der Waals surface area (Å²) in [7, 11) is 0. The molecule has 0 aliphatic rings. The zero-order chi connectivity index (χ0) is 14.0. The third-order valence-electron chi connectivity index (χ3n) is 2.38. The summed E-state index contributed by atoms with van der Waals surface area (Å²) >= 11 is 3.27. The van der Waals surface area contributed by atoms with Crippen molar-refractivity contribution in [2.45, 2.75) is 13.5 Å². The number of halogens is 3. The second-order valence-electron chi connectivity index (χ2n) is 3.73. The highest BCUT2D eigenvalue weighted by molar-refractivity contribution is 9.10. The minimum Gasteiger partial charge on any atom is -0.435 e. The summed E-state index contributed by atoms with van der Waals surface area (Å²) in [6.45, 7) is -1.05. The monoisotopic (exact) mass is 329 g/mol. The molecule has 0 atom stereocenters. The molecule has 2 N–H and O–H groups in total. The highest BCUT2D eigenvalue weighted by Gasteiger charge is 2.09. The zero-order valence-electron chi connectivity index (χ0n) is 9.90. The molecule has 2 aromatic rings. The van der Waals surface area contributed by atoms with E-state index in [2.05, 4.69) is 30.6 Å². The molecule has 19 heavy (non-hydrogen) atoms. The number of nitrogens with zero attached hydrogens (tertiary/aromatic N) is 2. The lowest BCUT2D eigenvalue weighted by Crippen LogP contribution is -2.02. The topological polar surface area (TPSA) is 61.0 Å². The van der Waals surface area contributed by atoms with Crippen LogP contribution in [-0.4, -0.2) is 16.6 Å². The summed E-state index contributed by atoms with van der Waals surface area (Å²) in [4.78, 5) is 8.39. The first-order chi connectivity index (χ1) is 8.97. The quantitative estimate of drug-likeness (QED) is 0.937. The van der Waals surface area contributed by atoms with Gasteiger partial charge in [-0.2, -0.15) is 8.78 Å². The van der Waals surface area contributed by atoms with Gasteiger partial charge in [0.25, 0.3) is 0 Å². The van der Waals surface area contributed by atoms with E-state index in [1.165, 1.54) is 12.1 Å².